The molecule has 6 heteroatoms. The van der Waals surface area contributed by atoms with Gasteiger partial charge in [-0.3, -0.25) is 4.90 Å². The van der Waals surface area contributed by atoms with Crippen LogP contribution in [0.5, 0.6) is 0 Å². The van der Waals surface area contributed by atoms with Crippen molar-refractivity contribution < 1.29 is 9.53 Å². The van der Waals surface area contributed by atoms with Gasteiger partial charge in [0.1, 0.15) is 6.10 Å². The third-order valence-corrected chi connectivity index (χ3v) is 7.75. The number of ether oxygens (including phenoxy) is 1. The molecule has 0 saturated carbocycles. The monoisotopic (exact) mass is 428 g/mol. The van der Waals surface area contributed by atoms with E-state index < -0.39 is 0 Å². The summed E-state index contributed by atoms with van der Waals surface area (Å²) in [5, 5.41) is 3.89. The zero-order valence-electron chi connectivity index (χ0n) is 16.3. The SMILES string of the molecule is O=C(NC1CCSc2ccc(-c3ccc(Cl)cc3)cc21)O[C@@H]1CN2CCC1CC2. The molecular formula is C23H25ClN2O2S. The Morgan fingerprint density at radius 1 is 1.07 bits per heavy atom. The number of carbonyl (C=O) groups excluding carboxylic acids is 1. The third-order valence-electron chi connectivity index (χ3n) is 6.37. The van der Waals surface area contributed by atoms with Gasteiger partial charge in [0.2, 0.25) is 0 Å². The van der Waals surface area contributed by atoms with E-state index in [0.29, 0.717) is 5.92 Å². The van der Waals surface area contributed by atoms with Gasteiger partial charge in [-0.15, -0.1) is 11.8 Å². The lowest BCUT2D eigenvalue weighted by Gasteiger charge is -2.44. The summed E-state index contributed by atoms with van der Waals surface area (Å²) in [4.78, 5) is 16.3. The number of piperidine rings is 3. The van der Waals surface area contributed by atoms with Gasteiger partial charge in [0, 0.05) is 22.2 Å². The van der Waals surface area contributed by atoms with Crippen molar-refractivity contribution in [2.75, 3.05) is 25.4 Å². The first kappa shape index (κ1) is 19.3. The summed E-state index contributed by atoms with van der Waals surface area (Å²) in [6, 6.07) is 14.4. The number of amides is 1. The number of nitrogens with zero attached hydrogens (tertiary/aromatic N) is 1. The van der Waals surface area contributed by atoms with E-state index in [1.807, 2.05) is 36.0 Å². The Morgan fingerprint density at radius 2 is 1.83 bits per heavy atom. The Balaban J connectivity index is 1.31. The molecule has 4 heterocycles. The third kappa shape index (κ3) is 4.14. The fourth-order valence-corrected chi connectivity index (χ4v) is 5.96. The Bertz CT molecular complexity index is 896. The largest absolute Gasteiger partial charge is 0.445 e. The average Bonchev–Trinajstić information content (AvgIpc) is 2.75. The molecule has 0 aliphatic carbocycles. The van der Waals surface area contributed by atoms with Gasteiger partial charge in [-0.2, -0.15) is 0 Å². The van der Waals surface area contributed by atoms with E-state index in [1.54, 1.807) is 0 Å². The fourth-order valence-electron chi connectivity index (χ4n) is 4.72. The van der Waals surface area contributed by atoms with Crippen molar-refractivity contribution in [1.82, 2.24) is 10.2 Å². The number of benzene rings is 2. The molecule has 2 bridgehead atoms. The molecule has 0 aromatic heterocycles. The highest BCUT2D eigenvalue weighted by Gasteiger charge is 2.37. The summed E-state index contributed by atoms with van der Waals surface area (Å²) < 4.78 is 5.86. The number of halogens is 1. The van der Waals surface area contributed by atoms with Crippen molar-refractivity contribution in [3.63, 3.8) is 0 Å². The Kier molecular flexibility index (Phi) is 5.46. The van der Waals surface area contributed by atoms with E-state index in [-0.39, 0.29) is 18.2 Å². The lowest BCUT2D eigenvalue weighted by atomic mass is 9.86. The van der Waals surface area contributed by atoms with E-state index in [4.69, 9.17) is 16.3 Å². The summed E-state index contributed by atoms with van der Waals surface area (Å²) in [6.07, 6.45) is 2.96. The second-order valence-electron chi connectivity index (χ2n) is 8.18. The van der Waals surface area contributed by atoms with E-state index in [1.165, 1.54) is 10.5 Å². The van der Waals surface area contributed by atoms with Crippen LogP contribution in [0.2, 0.25) is 5.02 Å². The first-order valence-electron chi connectivity index (χ1n) is 10.4. The fraction of sp³-hybridized carbons (Fsp3) is 0.435. The quantitative estimate of drug-likeness (QED) is 0.714. The summed E-state index contributed by atoms with van der Waals surface area (Å²) in [5.74, 6) is 1.52. The predicted octanol–water partition coefficient (Wildman–Crippen LogP) is 5.36. The Hall–Kier alpha value is -1.69. The molecule has 3 saturated heterocycles. The van der Waals surface area contributed by atoms with Gasteiger partial charge in [-0.25, -0.2) is 4.79 Å². The molecular weight excluding hydrogens is 404 g/mol. The van der Waals surface area contributed by atoms with Crippen LogP contribution in [-0.2, 0) is 4.74 Å². The van der Waals surface area contributed by atoms with E-state index in [0.717, 1.165) is 60.8 Å². The molecule has 0 spiro atoms. The van der Waals surface area contributed by atoms with Gasteiger partial charge in [0.25, 0.3) is 0 Å². The van der Waals surface area contributed by atoms with Crippen LogP contribution in [0.25, 0.3) is 11.1 Å². The molecule has 2 atom stereocenters. The van der Waals surface area contributed by atoms with Crippen LogP contribution in [0, 0.1) is 5.92 Å². The molecule has 4 aliphatic heterocycles. The van der Waals surface area contributed by atoms with Crippen molar-refractivity contribution in [1.29, 1.82) is 0 Å². The smallest absolute Gasteiger partial charge is 0.407 e. The molecule has 3 fully saturated rings. The van der Waals surface area contributed by atoms with Crippen LogP contribution in [0.4, 0.5) is 4.79 Å². The molecule has 1 amide bonds. The standard InChI is InChI=1S/C23H25ClN2O2S/c24-18-4-1-15(2-5-18)17-3-6-22-19(13-17)20(9-12-29-22)25-23(27)28-21-14-26-10-7-16(21)8-11-26/h1-6,13,16,20-21H,7-12,14H2,(H,25,27)/t20?,21-/m1/s1. The van der Waals surface area contributed by atoms with E-state index in [2.05, 4.69) is 28.4 Å². The number of thioether (sulfide) groups is 1. The van der Waals surface area contributed by atoms with Gasteiger partial charge in [-0.1, -0.05) is 29.8 Å². The molecule has 4 nitrogen and oxygen atoms in total. The zero-order valence-corrected chi connectivity index (χ0v) is 17.8. The van der Waals surface area contributed by atoms with Gasteiger partial charge >= 0.3 is 6.09 Å². The number of hydrogen-bond donors (Lipinski definition) is 1. The minimum Gasteiger partial charge on any atom is -0.445 e. The number of rotatable bonds is 3. The Labute approximate surface area is 180 Å². The highest BCUT2D eigenvalue weighted by Crippen LogP contribution is 2.39. The number of fused-ring (bicyclic) bond motifs is 4. The number of carbonyl (C=O) groups is 1. The molecule has 152 valence electrons. The molecule has 2 aromatic carbocycles. The first-order valence-corrected chi connectivity index (χ1v) is 11.7. The molecule has 6 rings (SSSR count). The predicted molar refractivity (Wildman–Crippen MR) is 118 cm³/mol. The van der Waals surface area contributed by atoms with Gasteiger partial charge in [0.15, 0.2) is 0 Å². The van der Waals surface area contributed by atoms with Gasteiger partial charge in [-0.05, 0) is 79.2 Å². The maximum Gasteiger partial charge on any atom is 0.407 e. The summed E-state index contributed by atoms with van der Waals surface area (Å²) in [6.45, 7) is 3.18. The molecule has 4 aliphatic rings. The highest BCUT2D eigenvalue weighted by molar-refractivity contribution is 7.99. The Morgan fingerprint density at radius 3 is 2.55 bits per heavy atom. The molecule has 29 heavy (non-hydrogen) atoms. The topological polar surface area (TPSA) is 41.6 Å². The van der Waals surface area contributed by atoms with Gasteiger partial charge in [0.05, 0.1) is 6.04 Å². The maximum absolute atomic E-state index is 12.7. The van der Waals surface area contributed by atoms with Crippen LogP contribution in [0.1, 0.15) is 30.9 Å². The van der Waals surface area contributed by atoms with Crippen molar-refractivity contribution >= 4 is 29.5 Å². The molecule has 0 radical (unpaired) electrons. The summed E-state index contributed by atoms with van der Waals surface area (Å²) in [5.41, 5.74) is 3.45. The number of nitrogens with one attached hydrogen (secondary N) is 1. The molecule has 1 N–H and O–H groups in total. The first-order chi connectivity index (χ1) is 14.2. The molecule has 2 aromatic rings. The van der Waals surface area contributed by atoms with E-state index >= 15 is 0 Å². The van der Waals surface area contributed by atoms with Crippen LogP contribution in [0.15, 0.2) is 47.4 Å². The minimum absolute atomic E-state index is 0.00733. The van der Waals surface area contributed by atoms with Gasteiger partial charge < -0.3 is 10.1 Å². The number of hydrogen-bond acceptors (Lipinski definition) is 4. The summed E-state index contributed by atoms with van der Waals surface area (Å²) >= 11 is 7.88. The summed E-state index contributed by atoms with van der Waals surface area (Å²) in [7, 11) is 0. The zero-order chi connectivity index (χ0) is 19.8. The van der Waals surface area contributed by atoms with E-state index in [9.17, 15) is 4.79 Å². The van der Waals surface area contributed by atoms with Crippen molar-refractivity contribution in [3.8, 4) is 11.1 Å². The lowest BCUT2D eigenvalue weighted by Crippen LogP contribution is -2.52. The second kappa shape index (κ2) is 8.21. The highest BCUT2D eigenvalue weighted by atomic mass is 35.5. The maximum atomic E-state index is 12.7. The minimum atomic E-state index is -0.275. The van der Waals surface area contributed by atoms with Crippen LogP contribution >= 0.6 is 23.4 Å². The van der Waals surface area contributed by atoms with Crippen molar-refractivity contribution in [3.05, 3.63) is 53.1 Å². The van der Waals surface area contributed by atoms with Crippen LogP contribution < -0.4 is 5.32 Å². The van der Waals surface area contributed by atoms with Crippen LogP contribution in [0.3, 0.4) is 0 Å². The van der Waals surface area contributed by atoms with Crippen molar-refractivity contribution in [2.45, 2.75) is 36.3 Å². The van der Waals surface area contributed by atoms with Crippen molar-refractivity contribution in [2.24, 2.45) is 5.92 Å². The normalized spacial score (nSPS) is 27.9. The molecule has 1 unspecified atom stereocenters. The van der Waals surface area contributed by atoms with Crippen LogP contribution in [-0.4, -0.2) is 42.5 Å². The average molecular weight is 429 g/mol. The second-order valence-corrected chi connectivity index (χ2v) is 9.75. The lowest BCUT2D eigenvalue weighted by molar-refractivity contribution is -0.0339. The number of alkyl carbamates (subject to hydrolysis) is 1.